The molecule has 0 aromatic carbocycles. The molecule has 1 nitrogen and oxygen atoms in total. The van der Waals surface area contributed by atoms with Crippen LogP contribution in [0.25, 0.3) is 0 Å². The van der Waals surface area contributed by atoms with Crippen LogP contribution < -0.4 is 0 Å². The van der Waals surface area contributed by atoms with Crippen LogP contribution in [-0.4, -0.2) is 27.8 Å². The maximum absolute atomic E-state index is 13.1. The first-order chi connectivity index (χ1) is 7.31. The monoisotopic (exact) mass is 304 g/mol. The van der Waals surface area contributed by atoms with Gasteiger partial charge in [0.25, 0.3) is 0 Å². The second-order valence-electron chi connectivity index (χ2n) is 3.11. The second kappa shape index (κ2) is 5.17. The molecular formula is C7H7F7OS2. The average molecular weight is 304 g/mol. The normalized spacial score (nSPS) is 14.0. The lowest BCUT2D eigenvalue weighted by Gasteiger charge is -2.29. The Morgan fingerprint density at radius 1 is 1.00 bits per heavy atom. The Bertz CT molecular complexity index is 269. The van der Waals surface area contributed by atoms with Crippen molar-refractivity contribution in [1.82, 2.24) is 0 Å². The van der Waals surface area contributed by atoms with E-state index in [9.17, 15) is 30.7 Å². The van der Waals surface area contributed by atoms with Crippen LogP contribution in [-0.2, 0) is 4.74 Å². The summed E-state index contributed by atoms with van der Waals surface area (Å²) in [6.07, 6.45) is -13.0. The van der Waals surface area contributed by atoms with Crippen molar-refractivity contribution in [2.24, 2.45) is 0 Å². The van der Waals surface area contributed by atoms with E-state index >= 15 is 0 Å². The summed E-state index contributed by atoms with van der Waals surface area (Å²) in [4.78, 5) is 0. The first-order valence-electron chi connectivity index (χ1n) is 4.03. The molecule has 0 amide bonds. The number of alkyl halides is 7. The molecule has 0 saturated heterocycles. The maximum atomic E-state index is 13.1. The molecule has 0 aliphatic carbocycles. The van der Waals surface area contributed by atoms with Gasteiger partial charge in [0, 0.05) is 0 Å². The molecule has 0 bridgehead atoms. The van der Waals surface area contributed by atoms with Crippen LogP contribution in [0.1, 0.15) is 13.8 Å². The van der Waals surface area contributed by atoms with Gasteiger partial charge in [-0.05, 0) is 37.8 Å². The SMILES string of the molecule is CC(C)OC(=S)SC(F)(C(F)(F)F)C(F)(F)F. The van der Waals surface area contributed by atoms with Gasteiger partial charge in [-0.1, -0.05) is 0 Å². The molecule has 0 saturated carbocycles. The molecule has 0 N–H and O–H groups in total. The number of thiocarbonyl (C=S) groups is 1. The van der Waals surface area contributed by atoms with Crippen molar-refractivity contribution >= 4 is 28.4 Å². The van der Waals surface area contributed by atoms with Crippen LogP contribution in [0.5, 0.6) is 0 Å². The molecule has 0 atom stereocenters. The third kappa shape index (κ3) is 4.16. The number of hydrogen-bond acceptors (Lipinski definition) is 3. The van der Waals surface area contributed by atoms with Gasteiger partial charge in [0.15, 0.2) is 0 Å². The molecular weight excluding hydrogens is 297 g/mol. The van der Waals surface area contributed by atoms with Gasteiger partial charge in [-0.25, -0.2) is 4.39 Å². The first kappa shape index (κ1) is 16.8. The van der Waals surface area contributed by atoms with E-state index in [0.29, 0.717) is 0 Å². The van der Waals surface area contributed by atoms with Crippen molar-refractivity contribution in [1.29, 1.82) is 0 Å². The molecule has 10 heteroatoms. The Hall–Kier alpha value is -0.250. The van der Waals surface area contributed by atoms with E-state index in [0.717, 1.165) is 0 Å². The fourth-order valence-electron chi connectivity index (χ4n) is 0.608. The van der Waals surface area contributed by atoms with Gasteiger partial charge in [0.2, 0.25) is 4.38 Å². The molecule has 0 aromatic heterocycles. The highest BCUT2D eigenvalue weighted by Crippen LogP contribution is 2.53. The van der Waals surface area contributed by atoms with Gasteiger partial charge >= 0.3 is 17.4 Å². The van der Waals surface area contributed by atoms with Gasteiger partial charge in [-0.2, -0.15) is 26.3 Å². The zero-order valence-electron chi connectivity index (χ0n) is 8.45. The van der Waals surface area contributed by atoms with E-state index in [-0.39, 0.29) is 0 Å². The molecule has 0 aromatic rings. The third-order valence-electron chi connectivity index (χ3n) is 1.29. The molecule has 0 radical (unpaired) electrons. The molecule has 17 heavy (non-hydrogen) atoms. The lowest BCUT2D eigenvalue weighted by molar-refractivity contribution is -0.302. The summed E-state index contributed by atoms with van der Waals surface area (Å²) in [7, 11) is 0. The quantitative estimate of drug-likeness (QED) is 0.558. The van der Waals surface area contributed by atoms with E-state index in [1.165, 1.54) is 13.8 Å². The molecule has 0 spiro atoms. The fourth-order valence-corrected chi connectivity index (χ4v) is 1.85. The number of rotatable bonds is 2. The van der Waals surface area contributed by atoms with E-state index in [1.807, 2.05) is 0 Å². The Morgan fingerprint density at radius 2 is 1.35 bits per heavy atom. The van der Waals surface area contributed by atoms with E-state index in [4.69, 9.17) is 0 Å². The smallest absolute Gasteiger partial charge is 0.442 e. The van der Waals surface area contributed by atoms with Crippen molar-refractivity contribution in [3.63, 3.8) is 0 Å². The highest BCUT2D eigenvalue weighted by atomic mass is 32.2. The number of hydrogen-bond donors (Lipinski definition) is 0. The number of thioether (sulfide) groups is 1. The Labute approximate surface area is 102 Å². The maximum Gasteiger partial charge on any atom is 0.442 e. The summed E-state index contributed by atoms with van der Waals surface area (Å²) < 4.78 is 88.7. The van der Waals surface area contributed by atoms with Crippen molar-refractivity contribution in [2.45, 2.75) is 37.3 Å². The highest BCUT2D eigenvalue weighted by Gasteiger charge is 2.74. The summed E-state index contributed by atoms with van der Waals surface area (Å²) in [6.45, 7) is 2.65. The van der Waals surface area contributed by atoms with Crippen LogP contribution in [0.4, 0.5) is 30.7 Å². The van der Waals surface area contributed by atoms with Crippen molar-refractivity contribution in [3.8, 4) is 0 Å². The molecule has 0 rings (SSSR count). The summed E-state index contributed by atoms with van der Waals surface area (Å²) in [5.41, 5.74) is 0. The van der Waals surface area contributed by atoms with E-state index in [2.05, 4.69) is 17.0 Å². The van der Waals surface area contributed by atoms with Gasteiger partial charge in [0.1, 0.15) is 0 Å². The van der Waals surface area contributed by atoms with Crippen LogP contribution >= 0.6 is 24.0 Å². The first-order valence-corrected chi connectivity index (χ1v) is 5.25. The van der Waals surface area contributed by atoms with Gasteiger partial charge in [-0.3, -0.25) is 0 Å². The summed E-state index contributed by atoms with van der Waals surface area (Å²) in [5, 5.41) is -5.47. The topological polar surface area (TPSA) is 9.23 Å². The molecule has 0 heterocycles. The molecule has 102 valence electrons. The van der Waals surface area contributed by atoms with Gasteiger partial charge in [0.05, 0.1) is 6.10 Å². The third-order valence-corrected chi connectivity index (χ3v) is 2.64. The standard InChI is InChI=1S/C7H7F7OS2/c1-3(2)15-4(16)17-5(8,6(9,10)11)7(12,13)14/h3H,1-2H3. The minimum atomic E-state index is -6.14. The van der Waals surface area contributed by atoms with Crippen LogP contribution in [0.2, 0.25) is 0 Å². The minimum absolute atomic E-state index is 0.749. The lowest BCUT2D eigenvalue weighted by Crippen LogP contribution is -2.51. The lowest BCUT2D eigenvalue weighted by atomic mass is 10.3. The van der Waals surface area contributed by atoms with Crippen molar-refractivity contribution < 1.29 is 35.5 Å². The largest absolute Gasteiger partial charge is 0.476 e. The van der Waals surface area contributed by atoms with Gasteiger partial charge in [-0.15, -0.1) is 0 Å². The van der Waals surface area contributed by atoms with Crippen LogP contribution in [0, 0.1) is 0 Å². The Balaban J connectivity index is 5.06. The second-order valence-corrected chi connectivity index (χ2v) is 4.88. The average Bonchev–Trinajstić information content (AvgIpc) is 1.97. The molecule has 0 unspecified atom stereocenters. The van der Waals surface area contributed by atoms with E-state index < -0.39 is 39.6 Å². The van der Waals surface area contributed by atoms with Crippen molar-refractivity contribution in [3.05, 3.63) is 0 Å². The van der Waals surface area contributed by atoms with Crippen molar-refractivity contribution in [2.75, 3.05) is 0 Å². The molecule has 0 fully saturated rings. The Morgan fingerprint density at radius 3 is 1.59 bits per heavy atom. The summed E-state index contributed by atoms with van der Waals surface area (Å²) in [6, 6.07) is 0. The summed E-state index contributed by atoms with van der Waals surface area (Å²) in [5.74, 6) is 0. The predicted molar refractivity (Wildman–Crippen MR) is 52.4 cm³/mol. The van der Waals surface area contributed by atoms with Crippen LogP contribution in [0.15, 0.2) is 0 Å². The molecule has 0 aliphatic heterocycles. The predicted octanol–water partition coefficient (Wildman–Crippen LogP) is 4.22. The van der Waals surface area contributed by atoms with Gasteiger partial charge < -0.3 is 4.74 Å². The zero-order chi connectivity index (χ0) is 14.1. The van der Waals surface area contributed by atoms with Crippen LogP contribution in [0.3, 0.4) is 0 Å². The fraction of sp³-hybridized carbons (Fsp3) is 0.857. The number of halogens is 7. The highest BCUT2D eigenvalue weighted by molar-refractivity contribution is 8.23. The Kier molecular flexibility index (Phi) is 5.09. The van der Waals surface area contributed by atoms with E-state index in [1.54, 1.807) is 0 Å². The molecule has 0 aliphatic rings. The number of ether oxygens (including phenoxy) is 1. The summed E-state index contributed by atoms with van der Waals surface area (Å²) >= 11 is 2.90. The zero-order valence-corrected chi connectivity index (χ0v) is 10.1. The minimum Gasteiger partial charge on any atom is -0.476 e.